The lowest BCUT2D eigenvalue weighted by molar-refractivity contribution is -0.140. The number of benzene rings is 1. The van der Waals surface area contributed by atoms with Gasteiger partial charge in [0.25, 0.3) is 11.8 Å². The Morgan fingerprint density at radius 1 is 1.37 bits per heavy atom. The van der Waals surface area contributed by atoms with Gasteiger partial charge in [0.05, 0.1) is 26.4 Å². The standard InChI is InChI=1S/C18H24N4O5/c1-12-10-21(8-9-27-12)11-15(23)20-22-16(24)18(2,19-17(22)25)13-4-6-14(26-3)7-5-13/h4-7,12H,8-11H2,1-3H3,(H,19,25)(H,20,23). The third kappa shape index (κ3) is 3.88. The number of urea groups is 1. The van der Waals surface area contributed by atoms with Gasteiger partial charge in [-0.05, 0) is 31.5 Å². The number of ether oxygens (including phenoxy) is 2. The molecule has 0 radical (unpaired) electrons. The van der Waals surface area contributed by atoms with Crippen molar-refractivity contribution >= 4 is 17.8 Å². The number of carbonyl (C=O) groups excluding carboxylic acids is 3. The van der Waals surface area contributed by atoms with E-state index in [2.05, 4.69) is 10.7 Å². The molecular formula is C18H24N4O5. The van der Waals surface area contributed by atoms with E-state index in [0.29, 0.717) is 31.0 Å². The van der Waals surface area contributed by atoms with E-state index in [9.17, 15) is 14.4 Å². The minimum atomic E-state index is -1.26. The molecule has 3 rings (SSSR count). The third-order valence-corrected chi connectivity index (χ3v) is 4.79. The molecule has 2 atom stereocenters. The van der Waals surface area contributed by atoms with E-state index in [1.807, 2.05) is 11.8 Å². The molecule has 0 spiro atoms. The highest BCUT2D eigenvalue weighted by Gasteiger charge is 2.50. The summed E-state index contributed by atoms with van der Waals surface area (Å²) in [7, 11) is 1.55. The highest BCUT2D eigenvalue weighted by Crippen LogP contribution is 2.29. The zero-order chi connectivity index (χ0) is 19.6. The molecule has 1 aromatic carbocycles. The molecule has 0 bridgehead atoms. The molecule has 9 heteroatoms. The van der Waals surface area contributed by atoms with Gasteiger partial charge in [0.2, 0.25) is 0 Å². The fourth-order valence-corrected chi connectivity index (χ4v) is 3.26. The minimum Gasteiger partial charge on any atom is -0.497 e. The second-order valence-corrected chi connectivity index (χ2v) is 6.88. The number of hydrazine groups is 1. The molecule has 2 unspecified atom stereocenters. The Balaban J connectivity index is 1.67. The number of hydrogen-bond acceptors (Lipinski definition) is 6. The van der Waals surface area contributed by atoms with Crippen LogP contribution in [-0.2, 0) is 19.9 Å². The van der Waals surface area contributed by atoms with Crippen LogP contribution in [0.4, 0.5) is 4.79 Å². The van der Waals surface area contributed by atoms with Crippen LogP contribution in [0.5, 0.6) is 5.75 Å². The van der Waals surface area contributed by atoms with Gasteiger partial charge in [-0.2, -0.15) is 5.01 Å². The predicted molar refractivity (Wildman–Crippen MR) is 95.7 cm³/mol. The monoisotopic (exact) mass is 376 g/mol. The first-order valence-electron chi connectivity index (χ1n) is 8.78. The normalized spacial score (nSPS) is 26.0. The van der Waals surface area contributed by atoms with Gasteiger partial charge in [-0.3, -0.25) is 19.9 Å². The number of morpholine rings is 1. The maximum atomic E-state index is 12.8. The summed E-state index contributed by atoms with van der Waals surface area (Å²) in [6.07, 6.45) is 0.0432. The number of hydrogen-bond donors (Lipinski definition) is 2. The van der Waals surface area contributed by atoms with Crippen LogP contribution in [0, 0.1) is 0 Å². The largest absolute Gasteiger partial charge is 0.497 e. The quantitative estimate of drug-likeness (QED) is 0.713. The Morgan fingerprint density at radius 3 is 2.70 bits per heavy atom. The van der Waals surface area contributed by atoms with Gasteiger partial charge in [0.1, 0.15) is 11.3 Å². The SMILES string of the molecule is COc1ccc(C2(C)NC(=O)N(NC(=O)CN3CCOC(C)C3)C2=O)cc1. The Hall–Kier alpha value is -2.65. The number of amides is 4. The molecule has 2 aliphatic rings. The zero-order valence-electron chi connectivity index (χ0n) is 15.7. The molecule has 0 saturated carbocycles. The minimum absolute atomic E-state index is 0.0432. The van der Waals surface area contributed by atoms with Crippen molar-refractivity contribution in [3.05, 3.63) is 29.8 Å². The van der Waals surface area contributed by atoms with E-state index in [-0.39, 0.29) is 12.6 Å². The van der Waals surface area contributed by atoms with Crippen molar-refractivity contribution in [1.29, 1.82) is 0 Å². The lowest BCUT2D eigenvalue weighted by atomic mass is 9.92. The molecule has 0 aliphatic carbocycles. The average molecular weight is 376 g/mol. The van der Waals surface area contributed by atoms with Gasteiger partial charge in [0.15, 0.2) is 0 Å². The molecule has 2 saturated heterocycles. The van der Waals surface area contributed by atoms with Crippen LogP contribution in [0.2, 0.25) is 0 Å². The van der Waals surface area contributed by atoms with Crippen molar-refractivity contribution in [2.75, 3.05) is 33.4 Å². The van der Waals surface area contributed by atoms with Crippen molar-refractivity contribution in [3.8, 4) is 5.75 Å². The van der Waals surface area contributed by atoms with Crippen LogP contribution < -0.4 is 15.5 Å². The van der Waals surface area contributed by atoms with E-state index in [1.54, 1.807) is 38.3 Å². The zero-order valence-corrected chi connectivity index (χ0v) is 15.7. The summed E-state index contributed by atoms with van der Waals surface area (Å²) >= 11 is 0. The fourth-order valence-electron chi connectivity index (χ4n) is 3.26. The topological polar surface area (TPSA) is 100 Å². The van der Waals surface area contributed by atoms with E-state index in [1.165, 1.54) is 0 Å². The molecule has 2 N–H and O–H groups in total. The van der Waals surface area contributed by atoms with E-state index >= 15 is 0 Å². The lowest BCUT2D eigenvalue weighted by Crippen LogP contribution is -2.52. The molecule has 2 aliphatic heterocycles. The molecule has 9 nitrogen and oxygen atoms in total. The van der Waals surface area contributed by atoms with Gasteiger partial charge < -0.3 is 14.8 Å². The smallest absolute Gasteiger partial charge is 0.344 e. The number of nitrogens with zero attached hydrogens (tertiary/aromatic N) is 2. The van der Waals surface area contributed by atoms with Gasteiger partial charge in [-0.15, -0.1) is 0 Å². The Bertz CT molecular complexity index is 738. The molecule has 0 aromatic heterocycles. The molecule has 4 amide bonds. The highest BCUT2D eigenvalue weighted by atomic mass is 16.5. The maximum absolute atomic E-state index is 12.8. The Labute approximate surface area is 157 Å². The van der Waals surface area contributed by atoms with Crippen molar-refractivity contribution in [2.45, 2.75) is 25.5 Å². The maximum Gasteiger partial charge on any atom is 0.344 e. The molecule has 146 valence electrons. The molecule has 27 heavy (non-hydrogen) atoms. The van der Waals surface area contributed by atoms with E-state index < -0.39 is 23.4 Å². The van der Waals surface area contributed by atoms with Crippen LogP contribution >= 0.6 is 0 Å². The Morgan fingerprint density at radius 2 is 2.07 bits per heavy atom. The number of carbonyl (C=O) groups is 3. The van der Waals surface area contributed by atoms with E-state index in [0.717, 1.165) is 5.01 Å². The van der Waals surface area contributed by atoms with Crippen molar-refractivity contribution in [1.82, 2.24) is 20.7 Å². The van der Waals surface area contributed by atoms with Crippen LogP contribution in [0.3, 0.4) is 0 Å². The second-order valence-electron chi connectivity index (χ2n) is 6.88. The number of imide groups is 1. The van der Waals surface area contributed by atoms with Gasteiger partial charge in [-0.25, -0.2) is 4.79 Å². The summed E-state index contributed by atoms with van der Waals surface area (Å²) in [6.45, 7) is 5.42. The van der Waals surface area contributed by atoms with Crippen molar-refractivity contribution < 1.29 is 23.9 Å². The second kappa shape index (κ2) is 7.53. The summed E-state index contributed by atoms with van der Waals surface area (Å²) in [5.74, 6) is -0.322. The van der Waals surface area contributed by atoms with Gasteiger partial charge in [0, 0.05) is 13.1 Å². The summed E-state index contributed by atoms with van der Waals surface area (Å²) in [5, 5.41) is 3.39. The van der Waals surface area contributed by atoms with Crippen molar-refractivity contribution in [2.24, 2.45) is 0 Å². The summed E-state index contributed by atoms with van der Waals surface area (Å²) < 4.78 is 10.6. The molecule has 1 aromatic rings. The fraction of sp³-hybridized carbons (Fsp3) is 0.500. The lowest BCUT2D eigenvalue weighted by Gasteiger charge is -2.30. The van der Waals surface area contributed by atoms with Gasteiger partial charge >= 0.3 is 6.03 Å². The van der Waals surface area contributed by atoms with Crippen LogP contribution in [-0.4, -0.2) is 67.2 Å². The van der Waals surface area contributed by atoms with Gasteiger partial charge in [-0.1, -0.05) is 12.1 Å². The first-order valence-corrected chi connectivity index (χ1v) is 8.78. The van der Waals surface area contributed by atoms with Crippen LogP contribution in [0.15, 0.2) is 24.3 Å². The van der Waals surface area contributed by atoms with Crippen LogP contribution in [0.1, 0.15) is 19.4 Å². The van der Waals surface area contributed by atoms with Crippen LogP contribution in [0.25, 0.3) is 0 Å². The molecule has 2 fully saturated rings. The third-order valence-electron chi connectivity index (χ3n) is 4.79. The average Bonchev–Trinajstić information content (AvgIpc) is 2.86. The summed E-state index contributed by atoms with van der Waals surface area (Å²) in [4.78, 5) is 39.4. The predicted octanol–water partition coefficient (Wildman–Crippen LogP) is 0.214. The highest BCUT2D eigenvalue weighted by molar-refractivity contribution is 6.08. The number of rotatable bonds is 5. The Kier molecular flexibility index (Phi) is 5.33. The van der Waals surface area contributed by atoms with E-state index in [4.69, 9.17) is 9.47 Å². The first-order chi connectivity index (χ1) is 12.8. The molecular weight excluding hydrogens is 352 g/mol. The van der Waals surface area contributed by atoms with Crippen molar-refractivity contribution in [3.63, 3.8) is 0 Å². The number of methoxy groups -OCH3 is 1. The first kappa shape index (κ1) is 19.1. The summed E-state index contributed by atoms with van der Waals surface area (Å²) in [5.41, 5.74) is 1.75. The summed E-state index contributed by atoms with van der Waals surface area (Å²) in [6, 6.07) is 6.17. The molecule has 2 heterocycles. The number of nitrogens with one attached hydrogen (secondary N) is 2.